The van der Waals surface area contributed by atoms with E-state index in [1.54, 1.807) is 16.9 Å². The third-order valence-electron chi connectivity index (χ3n) is 5.21. The van der Waals surface area contributed by atoms with E-state index >= 15 is 0 Å². The van der Waals surface area contributed by atoms with Crippen molar-refractivity contribution in [3.05, 3.63) is 83.6 Å². The fourth-order valence-electron chi connectivity index (χ4n) is 3.79. The second-order valence-corrected chi connectivity index (χ2v) is 7.10. The molecule has 5 heteroatoms. The monoisotopic (exact) mass is 389 g/mol. The summed E-state index contributed by atoms with van der Waals surface area (Å²) >= 11 is 0. The number of hydrogen-bond acceptors (Lipinski definition) is 4. The molecule has 5 nitrogen and oxygen atoms in total. The van der Waals surface area contributed by atoms with E-state index in [2.05, 4.69) is 0 Å². The summed E-state index contributed by atoms with van der Waals surface area (Å²) in [5, 5.41) is 0. The van der Waals surface area contributed by atoms with Crippen molar-refractivity contribution in [1.82, 2.24) is 4.73 Å². The van der Waals surface area contributed by atoms with Gasteiger partial charge in [-0.25, -0.2) is 4.79 Å². The lowest BCUT2D eigenvalue weighted by Gasteiger charge is -2.22. The Morgan fingerprint density at radius 3 is 2.41 bits per heavy atom. The predicted molar refractivity (Wildman–Crippen MR) is 109 cm³/mol. The van der Waals surface area contributed by atoms with Crippen LogP contribution in [0.5, 0.6) is 0 Å². The quantitative estimate of drug-likeness (QED) is 0.617. The lowest BCUT2D eigenvalue weighted by atomic mass is 9.87. The highest BCUT2D eigenvalue weighted by molar-refractivity contribution is 5.89. The number of carbonyl (C=O) groups is 2. The minimum atomic E-state index is -0.409. The topological polar surface area (TPSA) is 57.5 Å². The van der Waals surface area contributed by atoms with Crippen molar-refractivity contribution < 1.29 is 19.2 Å². The van der Waals surface area contributed by atoms with Crippen LogP contribution < -0.4 is 4.84 Å². The van der Waals surface area contributed by atoms with Gasteiger partial charge in [0.15, 0.2) is 0 Å². The Morgan fingerprint density at radius 2 is 1.72 bits per heavy atom. The fraction of sp³-hybridized carbons (Fsp3) is 0.250. The van der Waals surface area contributed by atoms with Gasteiger partial charge in [-0.2, -0.15) is 4.73 Å². The third-order valence-corrected chi connectivity index (χ3v) is 5.21. The number of hydrogen-bond donors (Lipinski definition) is 0. The lowest BCUT2D eigenvalue weighted by molar-refractivity contribution is -0.148. The van der Waals surface area contributed by atoms with Crippen LogP contribution in [-0.4, -0.2) is 23.3 Å². The van der Waals surface area contributed by atoms with Crippen LogP contribution in [0, 0.1) is 5.92 Å². The van der Waals surface area contributed by atoms with Crippen LogP contribution in [0.3, 0.4) is 0 Å². The van der Waals surface area contributed by atoms with Gasteiger partial charge < -0.3 is 9.57 Å². The van der Waals surface area contributed by atoms with Crippen molar-refractivity contribution in [2.24, 2.45) is 5.92 Å². The van der Waals surface area contributed by atoms with E-state index in [0.717, 1.165) is 22.5 Å². The van der Waals surface area contributed by atoms with Gasteiger partial charge in [0, 0.05) is 5.56 Å². The number of fused-ring (bicyclic) bond motifs is 1. The van der Waals surface area contributed by atoms with Gasteiger partial charge in [0.1, 0.15) is 0 Å². The predicted octanol–water partition coefficient (Wildman–Crippen LogP) is 4.09. The van der Waals surface area contributed by atoms with Crippen LogP contribution in [0.4, 0.5) is 0 Å². The Balaban J connectivity index is 1.70. The first-order valence-electron chi connectivity index (χ1n) is 9.90. The summed E-state index contributed by atoms with van der Waals surface area (Å²) in [6, 6.07) is 20.8. The first-order chi connectivity index (χ1) is 14.2. The molecular weight excluding hydrogens is 366 g/mol. The van der Waals surface area contributed by atoms with Crippen molar-refractivity contribution in [2.75, 3.05) is 6.61 Å². The molecule has 29 heavy (non-hydrogen) atoms. The van der Waals surface area contributed by atoms with Crippen LogP contribution in [-0.2, 0) is 22.4 Å². The number of benzene rings is 2. The third kappa shape index (κ3) is 3.94. The molecule has 0 spiro atoms. The number of carbonyl (C=O) groups excluding carboxylic acids is 2. The Kier molecular flexibility index (Phi) is 5.47. The average molecular weight is 389 g/mol. The summed E-state index contributed by atoms with van der Waals surface area (Å²) in [6.07, 6.45) is 1.91. The SMILES string of the molecule is CCOC(=O)C1CCc2c(cc(-c3ccccc3)n2OC(=O)c2ccccc2)C1. The Morgan fingerprint density at radius 1 is 1.03 bits per heavy atom. The Labute approximate surface area is 169 Å². The second kappa shape index (κ2) is 8.35. The fourth-order valence-corrected chi connectivity index (χ4v) is 3.79. The van der Waals surface area contributed by atoms with Gasteiger partial charge in [-0.15, -0.1) is 0 Å². The van der Waals surface area contributed by atoms with Gasteiger partial charge in [0.05, 0.1) is 29.5 Å². The zero-order chi connectivity index (χ0) is 20.2. The normalized spacial score (nSPS) is 15.4. The maximum Gasteiger partial charge on any atom is 0.363 e. The maximum absolute atomic E-state index is 12.7. The number of nitrogens with zero attached hydrogens (tertiary/aromatic N) is 1. The zero-order valence-corrected chi connectivity index (χ0v) is 16.3. The first kappa shape index (κ1) is 19.0. The number of ether oxygens (including phenoxy) is 1. The highest BCUT2D eigenvalue weighted by Crippen LogP contribution is 2.33. The largest absolute Gasteiger partial charge is 0.466 e. The molecule has 0 N–H and O–H groups in total. The van der Waals surface area contributed by atoms with Crippen molar-refractivity contribution in [3.63, 3.8) is 0 Å². The Hall–Kier alpha value is -3.34. The molecule has 0 aliphatic heterocycles. The van der Waals surface area contributed by atoms with Crippen LogP contribution in [0.25, 0.3) is 11.3 Å². The summed E-state index contributed by atoms with van der Waals surface area (Å²) < 4.78 is 6.85. The molecule has 0 saturated heterocycles. The van der Waals surface area contributed by atoms with Gasteiger partial charge in [0.2, 0.25) is 0 Å². The van der Waals surface area contributed by atoms with Gasteiger partial charge in [0.25, 0.3) is 0 Å². The molecule has 1 aromatic heterocycles. The first-order valence-corrected chi connectivity index (χ1v) is 9.90. The number of aromatic nitrogens is 1. The van der Waals surface area contributed by atoms with Crippen molar-refractivity contribution >= 4 is 11.9 Å². The van der Waals surface area contributed by atoms with Gasteiger partial charge in [-0.1, -0.05) is 48.5 Å². The van der Waals surface area contributed by atoms with E-state index in [1.165, 1.54) is 0 Å². The van der Waals surface area contributed by atoms with Gasteiger partial charge in [-0.3, -0.25) is 4.79 Å². The van der Waals surface area contributed by atoms with E-state index in [9.17, 15) is 9.59 Å². The molecular formula is C24H23NO4. The summed E-state index contributed by atoms with van der Waals surface area (Å²) in [5.74, 6) is -0.728. The van der Waals surface area contributed by atoms with Crippen LogP contribution in [0.15, 0.2) is 66.7 Å². The van der Waals surface area contributed by atoms with Crippen molar-refractivity contribution in [1.29, 1.82) is 0 Å². The zero-order valence-electron chi connectivity index (χ0n) is 16.3. The lowest BCUT2D eigenvalue weighted by Crippen LogP contribution is -2.28. The summed E-state index contributed by atoms with van der Waals surface area (Å²) in [7, 11) is 0. The molecule has 0 fully saturated rings. The Bertz CT molecular complexity index is 1010. The van der Waals surface area contributed by atoms with Crippen LogP contribution in [0.2, 0.25) is 0 Å². The molecule has 1 aliphatic carbocycles. The minimum absolute atomic E-state index is 0.159. The van der Waals surface area contributed by atoms with Crippen LogP contribution >= 0.6 is 0 Å². The molecule has 0 bridgehead atoms. The van der Waals surface area contributed by atoms with Crippen LogP contribution in [0.1, 0.15) is 35.0 Å². The molecule has 1 heterocycles. The second-order valence-electron chi connectivity index (χ2n) is 7.10. The summed E-state index contributed by atoms with van der Waals surface area (Å²) in [5.41, 5.74) is 4.22. The summed E-state index contributed by atoms with van der Waals surface area (Å²) in [6.45, 7) is 2.20. The average Bonchev–Trinajstić information content (AvgIpc) is 3.12. The summed E-state index contributed by atoms with van der Waals surface area (Å²) in [4.78, 5) is 30.8. The molecule has 3 aromatic rings. The van der Waals surface area contributed by atoms with E-state index in [0.29, 0.717) is 31.4 Å². The highest BCUT2D eigenvalue weighted by Gasteiger charge is 2.30. The molecule has 1 atom stereocenters. The molecule has 1 aliphatic rings. The molecule has 0 radical (unpaired) electrons. The molecule has 148 valence electrons. The van der Waals surface area contributed by atoms with Crippen molar-refractivity contribution in [2.45, 2.75) is 26.2 Å². The molecule has 1 unspecified atom stereocenters. The number of rotatable bonds is 5. The highest BCUT2D eigenvalue weighted by atomic mass is 16.7. The maximum atomic E-state index is 12.7. The van der Waals surface area contributed by atoms with E-state index in [-0.39, 0.29) is 11.9 Å². The van der Waals surface area contributed by atoms with E-state index < -0.39 is 5.97 Å². The minimum Gasteiger partial charge on any atom is -0.466 e. The van der Waals surface area contributed by atoms with Gasteiger partial charge >= 0.3 is 11.9 Å². The van der Waals surface area contributed by atoms with E-state index in [1.807, 2.05) is 61.5 Å². The number of esters is 1. The molecule has 0 saturated carbocycles. The van der Waals surface area contributed by atoms with Gasteiger partial charge in [-0.05, 0) is 49.9 Å². The van der Waals surface area contributed by atoms with Crippen molar-refractivity contribution in [3.8, 4) is 11.3 Å². The molecule has 2 aromatic carbocycles. The molecule has 0 amide bonds. The van der Waals surface area contributed by atoms with E-state index in [4.69, 9.17) is 9.57 Å². The smallest absolute Gasteiger partial charge is 0.363 e. The standard InChI is InChI=1S/C24H23NO4/c1-2-28-23(26)19-13-14-21-20(15-19)16-22(17-9-5-3-6-10-17)25(21)29-24(27)18-11-7-4-8-12-18/h3-12,16,19H,2,13-15H2,1H3. The molecule has 4 rings (SSSR count).